The predicted molar refractivity (Wildman–Crippen MR) is 108 cm³/mol. The van der Waals surface area contributed by atoms with Crippen LogP contribution in [0.25, 0.3) is 0 Å². The van der Waals surface area contributed by atoms with E-state index in [1.54, 1.807) is 4.90 Å². The zero-order chi connectivity index (χ0) is 21.9. The molecular formula is C19H27N3O7S. The Labute approximate surface area is 175 Å². The minimum Gasteiger partial charge on any atom is -0.477 e. The van der Waals surface area contributed by atoms with Crippen molar-refractivity contribution in [3.8, 4) is 5.75 Å². The summed E-state index contributed by atoms with van der Waals surface area (Å²) in [6.45, 7) is 6.01. The quantitative estimate of drug-likeness (QED) is 0.485. The van der Waals surface area contributed by atoms with E-state index in [9.17, 15) is 23.3 Å². The van der Waals surface area contributed by atoms with E-state index in [2.05, 4.69) is 13.8 Å². The van der Waals surface area contributed by atoms with Crippen LogP contribution < -0.4 is 4.74 Å². The van der Waals surface area contributed by atoms with Gasteiger partial charge in [0.05, 0.1) is 23.0 Å². The van der Waals surface area contributed by atoms with Crippen molar-refractivity contribution in [2.75, 3.05) is 46.0 Å². The molecule has 0 saturated carbocycles. The van der Waals surface area contributed by atoms with Gasteiger partial charge in [0.1, 0.15) is 0 Å². The molecule has 2 heterocycles. The Bertz CT molecular complexity index is 889. The Balaban J connectivity index is 1.74. The summed E-state index contributed by atoms with van der Waals surface area (Å²) >= 11 is 0. The third-order valence-corrected chi connectivity index (χ3v) is 7.20. The van der Waals surface area contributed by atoms with Gasteiger partial charge < -0.3 is 14.4 Å². The largest absolute Gasteiger partial charge is 0.477 e. The fourth-order valence-corrected chi connectivity index (χ4v) is 5.38. The summed E-state index contributed by atoms with van der Waals surface area (Å²) in [4.78, 5) is 24.8. The number of benzene rings is 1. The number of hydrogen-bond acceptors (Lipinski definition) is 7. The van der Waals surface area contributed by atoms with Crippen molar-refractivity contribution in [3.05, 3.63) is 28.3 Å². The second-order valence-electron chi connectivity index (χ2n) is 7.94. The predicted octanol–water partition coefficient (Wildman–Crippen LogP) is 1.50. The van der Waals surface area contributed by atoms with Crippen molar-refractivity contribution < 1.29 is 27.6 Å². The number of nitrogens with zero attached hydrogens (tertiary/aromatic N) is 3. The van der Waals surface area contributed by atoms with E-state index in [0.717, 1.165) is 12.5 Å². The van der Waals surface area contributed by atoms with Crippen molar-refractivity contribution >= 4 is 21.6 Å². The first kappa shape index (κ1) is 22.4. The zero-order valence-corrected chi connectivity index (χ0v) is 18.0. The van der Waals surface area contributed by atoms with Crippen LogP contribution in [-0.4, -0.2) is 74.5 Å². The molecule has 1 amide bonds. The number of nitro groups is 1. The summed E-state index contributed by atoms with van der Waals surface area (Å²) in [5, 5.41) is 11.5. The lowest BCUT2D eigenvalue weighted by Gasteiger charge is -2.34. The van der Waals surface area contributed by atoms with Gasteiger partial charge in [0.25, 0.3) is 5.91 Å². The van der Waals surface area contributed by atoms with E-state index >= 15 is 0 Å². The van der Waals surface area contributed by atoms with Gasteiger partial charge in [-0.3, -0.25) is 14.9 Å². The molecular weight excluding hydrogens is 414 g/mol. The van der Waals surface area contributed by atoms with E-state index in [0.29, 0.717) is 24.9 Å². The topological polar surface area (TPSA) is 119 Å². The first-order valence-corrected chi connectivity index (χ1v) is 11.4. The molecule has 0 unspecified atom stereocenters. The summed E-state index contributed by atoms with van der Waals surface area (Å²) in [6.07, 6.45) is 1.05. The first-order chi connectivity index (χ1) is 14.2. The molecule has 0 radical (unpaired) electrons. The maximum absolute atomic E-state index is 12.8. The maximum Gasteiger partial charge on any atom is 0.312 e. The van der Waals surface area contributed by atoms with E-state index in [1.165, 1.54) is 16.4 Å². The average Bonchev–Trinajstić information content (AvgIpc) is 2.71. The van der Waals surface area contributed by atoms with Crippen LogP contribution in [0, 0.1) is 22.0 Å². The van der Waals surface area contributed by atoms with Crippen molar-refractivity contribution in [2.24, 2.45) is 11.8 Å². The standard InChI is InChI=1S/C19H27N3O7S/c1-14-9-15(2)12-20(11-14)19(23)13-29-18-4-3-16(10-17(18)22(24)25)30(26,27)21-5-7-28-8-6-21/h3-4,10,14-15H,5-9,11-13H2,1-2H3/t14-,15+. The van der Waals surface area contributed by atoms with Crippen LogP contribution in [0.3, 0.4) is 0 Å². The lowest BCUT2D eigenvalue weighted by atomic mass is 9.92. The third kappa shape index (κ3) is 5.08. The number of amides is 1. The van der Waals surface area contributed by atoms with Crippen LogP contribution in [0.4, 0.5) is 5.69 Å². The second-order valence-corrected chi connectivity index (χ2v) is 9.87. The number of morpholine rings is 1. The summed E-state index contributed by atoms with van der Waals surface area (Å²) in [6, 6.07) is 3.48. The number of sulfonamides is 1. The fourth-order valence-electron chi connectivity index (χ4n) is 3.96. The van der Waals surface area contributed by atoms with Gasteiger partial charge in [-0.2, -0.15) is 4.31 Å². The minimum absolute atomic E-state index is 0.132. The summed E-state index contributed by atoms with van der Waals surface area (Å²) in [5.41, 5.74) is -0.488. The molecule has 2 fully saturated rings. The number of hydrogen-bond donors (Lipinski definition) is 0. The number of nitro benzene ring substituents is 1. The van der Waals surface area contributed by atoms with Gasteiger partial charge in [-0.1, -0.05) is 13.8 Å². The normalized spacial score (nSPS) is 23.2. The second kappa shape index (κ2) is 9.27. The molecule has 30 heavy (non-hydrogen) atoms. The Hall–Kier alpha value is -2.24. The van der Waals surface area contributed by atoms with E-state index < -0.39 is 20.6 Å². The molecule has 3 rings (SSSR count). The van der Waals surface area contributed by atoms with E-state index in [1.807, 2.05) is 0 Å². The number of piperidine rings is 1. The number of carbonyl (C=O) groups is 1. The number of carbonyl (C=O) groups excluding carboxylic acids is 1. The summed E-state index contributed by atoms with van der Waals surface area (Å²) < 4.78 is 37.3. The van der Waals surface area contributed by atoms with Crippen LogP contribution in [0.1, 0.15) is 20.3 Å². The Morgan fingerprint density at radius 1 is 1.23 bits per heavy atom. The van der Waals surface area contributed by atoms with Crippen molar-refractivity contribution in [1.29, 1.82) is 0 Å². The molecule has 0 spiro atoms. The van der Waals surface area contributed by atoms with Crippen LogP contribution in [0.2, 0.25) is 0 Å². The SMILES string of the molecule is C[C@@H]1C[C@H](C)CN(C(=O)COc2ccc(S(=O)(=O)N3CCOCC3)cc2[N+](=O)[O-])C1. The molecule has 0 N–H and O–H groups in total. The van der Waals surface area contributed by atoms with Crippen LogP contribution in [0.15, 0.2) is 23.1 Å². The molecule has 0 aliphatic carbocycles. The lowest BCUT2D eigenvalue weighted by molar-refractivity contribution is -0.386. The summed E-state index contributed by atoms with van der Waals surface area (Å²) in [7, 11) is -3.88. The Morgan fingerprint density at radius 2 is 1.87 bits per heavy atom. The molecule has 2 saturated heterocycles. The Morgan fingerprint density at radius 3 is 2.47 bits per heavy atom. The molecule has 11 heteroatoms. The number of ether oxygens (including phenoxy) is 2. The Kier molecular flexibility index (Phi) is 6.94. The minimum atomic E-state index is -3.88. The third-order valence-electron chi connectivity index (χ3n) is 5.31. The van der Waals surface area contributed by atoms with Crippen LogP contribution in [-0.2, 0) is 19.6 Å². The molecule has 2 aliphatic heterocycles. The molecule has 1 aromatic carbocycles. The smallest absolute Gasteiger partial charge is 0.312 e. The molecule has 2 atom stereocenters. The molecule has 2 aliphatic rings. The van der Waals surface area contributed by atoms with Gasteiger partial charge in [0.15, 0.2) is 12.4 Å². The van der Waals surface area contributed by atoms with E-state index in [4.69, 9.17) is 9.47 Å². The highest BCUT2D eigenvalue weighted by Gasteiger charge is 2.30. The van der Waals surface area contributed by atoms with E-state index in [-0.39, 0.29) is 49.5 Å². The van der Waals surface area contributed by atoms with Crippen LogP contribution in [0.5, 0.6) is 5.75 Å². The van der Waals surface area contributed by atoms with Crippen molar-refractivity contribution in [3.63, 3.8) is 0 Å². The highest BCUT2D eigenvalue weighted by Crippen LogP contribution is 2.31. The average molecular weight is 442 g/mol. The number of rotatable bonds is 6. The highest BCUT2D eigenvalue weighted by atomic mass is 32.2. The molecule has 166 valence electrons. The van der Waals surface area contributed by atoms with Gasteiger partial charge in [-0.15, -0.1) is 0 Å². The van der Waals surface area contributed by atoms with Crippen molar-refractivity contribution in [1.82, 2.24) is 9.21 Å². The fraction of sp³-hybridized carbons (Fsp3) is 0.632. The monoisotopic (exact) mass is 441 g/mol. The molecule has 10 nitrogen and oxygen atoms in total. The van der Waals surface area contributed by atoms with Gasteiger partial charge >= 0.3 is 5.69 Å². The van der Waals surface area contributed by atoms with Crippen LogP contribution >= 0.6 is 0 Å². The number of likely N-dealkylation sites (tertiary alicyclic amines) is 1. The lowest BCUT2D eigenvalue weighted by Crippen LogP contribution is -2.44. The van der Waals surface area contributed by atoms with Crippen molar-refractivity contribution in [2.45, 2.75) is 25.2 Å². The highest BCUT2D eigenvalue weighted by molar-refractivity contribution is 7.89. The van der Waals surface area contributed by atoms with Gasteiger partial charge in [-0.05, 0) is 30.4 Å². The molecule has 0 bridgehead atoms. The first-order valence-electron chi connectivity index (χ1n) is 9.95. The van der Waals surface area contributed by atoms with Gasteiger partial charge in [-0.25, -0.2) is 8.42 Å². The molecule has 0 aromatic heterocycles. The summed E-state index contributed by atoms with van der Waals surface area (Å²) in [5.74, 6) is 0.397. The van der Waals surface area contributed by atoms with Gasteiger partial charge in [0, 0.05) is 32.2 Å². The van der Waals surface area contributed by atoms with Gasteiger partial charge in [0.2, 0.25) is 10.0 Å². The maximum atomic E-state index is 12.8. The zero-order valence-electron chi connectivity index (χ0n) is 17.2. The molecule has 1 aromatic rings.